The Bertz CT molecular complexity index is 1400. The summed E-state index contributed by atoms with van der Waals surface area (Å²) < 4.78 is 28.1. The standard InChI is InChI=1S/C26H28N4O3S/c1-3-30(34(32,33)20-12-10-18(2)11-13-20)28-24-15-19-7-6-14-29(17-19)25(31)16-22-21-8-4-5-9-23(21)27-26(22)24/h4-13,19,27H,3,14-17H2,1-2H3/b28-24+. The van der Waals surface area contributed by atoms with Gasteiger partial charge in [-0.05, 0) is 37.6 Å². The fourth-order valence-electron chi connectivity index (χ4n) is 4.73. The third-order valence-electron chi connectivity index (χ3n) is 6.53. The van der Waals surface area contributed by atoms with Gasteiger partial charge in [0.1, 0.15) is 0 Å². The predicted octanol–water partition coefficient (Wildman–Crippen LogP) is 3.85. The Kier molecular flexibility index (Phi) is 5.77. The molecule has 176 valence electrons. The fourth-order valence-corrected chi connectivity index (χ4v) is 6.00. The normalized spacial score (nSPS) is 19.6. The van der Waals surface area contributed by atoms with E-state index in [1.165, 1.54) is 4.41 Å². The maximum absolute atomic E-state index is 13.5. The average Bonchev–Trinajstić information content (AvgIpc) is 3.20. The molecular weight excluding hydrogens is 448 g/mol. The molecular formula is C26H28N4O3S. The summed E-state index contributed by atoms with van der Waals surface area (Å²) in [6, 6.07) is 14.7. The zero-order chi connectivity index (χ0) is 23.9. The first-order chi connectivity index (χ1) is 16.4. The van der Waals surface area contributed by atoms with Gasteiger partial charge in [0.2, 0.25) is 5.91 Å². The molecule has 8 heteroatoms. The molecule has 2 aliphatic heterocycles. The summed E-state index contributed by atoms with van der Waals surface area (Å²) in [5.74, 6) is 0.135. The minimum atomic E-state index is -3.83. The van der Waals surface area contributed by atoms with Crippen LogP contribution in [0, 0.1) is 12.8 Å². The molecule has 0 radical (unpaired) electrons. The minimum Gasteiger partial charge on any atom is -0.353 e. The molecule has 1 amide bonds. The van der Waals surface area contributed by atoms with Crippen molar-refractivity contribution in [2.24, 2.45) is 11.0 Å². The number of H-pyrrole nitrogens is 1. The first-order valence-electron chi connectivity index (χ1n) is 11.6. The van der Waals surface area contributed by atoms with Crippen LogP contribution in [0.5, 0.6) is 0 Å². The summed E-state index contributed by atoms with van der Waals surface area (Å²) in [5.41, 5.74) is 4.17. The Morgan fingerprint density at radius 2 is 1.91 bits per heavy atom. The quantitative estimate of drug-likeness (QED) is 0.458. The summed E-state index contributed by atoms with van der Waals surface area (Å²) in [4.78, 5) is 18.7. The highest BCUT2D eigenvalue weighted by Crippen LogP contribution is 2.30. The molecule has 0 saturated heterocycles. The van der Waals surface area contributed by atoms with Gasteiger partial charge in [0.05, 0.1) is 29.3 Å². The van der Waals surface area contributed by atoms with Crippen LogP contribution in [0.3, 0.4) is 0 Å². The molecule has 1 unspecified atom stereocenters. The largest absolute Gasteiger partial charge is 0.353 e. The maximum Gasteiger partial charge on any atom is 0.278 e. The average molecular weight is 477 g/mol. The molecule has 34 heavy (non-hydrogen) atoms. The predicted molar refractivity (Wildman–Crippen MR) is 133 cm³/mol. The summed E-state index contributed by atoms with van der Waals surface area (Å²) in [5, 5.41) is 5.71. The van der Waals surface area contributed by atoms with E-state index in [-0.39, 0.29) is 29.7 Å². The summed E-state index contributed by atoms with van der Waals surface area (Å²) in [7, 11) is -3.83. The van der Waals surface area contributed by atoms with Crippen LogP contribution in [0.15, 0.2) is 70.7 Å². The summed E-state index contributed by atoms with van der Waals surface area (Å²) in [6.45, 7) is 5.10. The van der Waals surface area contributed by atoms with Crippen LogP contribution in [-0.4, -0.2) is 54.0 Å². The summed E-state index contributed by atoms with van der Waals surface area (Å²) in [6.07, 6.45) is 4.90. The molecule has 1 atom stereocenters. The first-order valence-corrected chi connectivity index (χ1v) is 13.0. The van der Waals surface area contributed by atoms with Gasteiger partial charge < -0.3 is 9.88 Å². The van der Waals surface area contributed by atoms with Gasteiger partial charge in [-0.25, -0.2) is 0 Å². The number of para-hydroxylation sites is 1. The molecule has 2 aliphatic rings. The van der Waals surface area contributed by atoms with E-state index in [1.54, 1.807) is 31.2 Å². The van der Waals surface area contributed by atoms with Crippen molar-refractivity contribution in [1.29, 1.82) is 0 Å². The number of benzene rings is 2. The van der Waals surface area contributed by atoms with Crippen molar-refractivity contribution in [3.63, 3.8) is 0 Å². The number of carbonyl (C=O) groups is 1. The zero-order valence-corrected chi connectivity index (χ0v) is 20.2. The molecule has 2 aromatic carbocycles. The number of amides is 1. The molecule has 3 heterocycles. The lowest BCUT2D eigenvalue weighted by molar-refractivity contribution is -0.130. The van der Waals surface area contributed by atoms with E-state index in [2.05, 4.69) is 11.1 Å². The van der Waals surface area contributed by atoms with Gasteiger partial charge in [-0.3, -0.25) is 4.79 Å². The molecule has 3 aromatic rings. The lowest BCUT2D eigenvalue weighted by atomic mass is 9.96. The van der Waals surface area contributed by atoms with Gasteiger partial charge in [0.25, 0.3) is 10.0 Å². The van der Waals surface area contributed by atoms with Crippen molar-refractivity contribution in [2.45, 2.75) is 31.6 Å². The monoisotopic (exact) mass is 476 g/mol. The van der Waals surface area contributed by atoms with Crippen LogP contribution < -0.4 is 0 Å². The van der Waals surface area contributed by atoms with Crippen LogP contribution in [0.25, 0.3) is 10.9 Å². The van der Waals surface area contributed by atoms with Gasteiger partial charge in [-0.1, -0.05) is 48.0 Å². The fraction of sp³-hybridized carbons (Fsp3) is 0.308. The number of rotatable bonds is 4. The van der Waals surface area contributed by atoms with Crippen molar-refractivity contribution in [1.82, 2.24) is 14.3 Å². The highest BCUT2D eigenvalue weighted by Gasteiger charge is 2.30. The van der Waals surface area contributed by atoms with Crippen LogP contribution in [0.2, 0.25) is 0 Å². The maximum atomic E-state index is 13.5. The Balaban J connectivity index is 1.67. The lowest BCUT2D eigenvalue weighted by Gasteiger charge is -2.28. The Hall–Kier alpha value is -3.39. The second kappa shape index (κ2) is 8.76. The highest BCUT2D eigenvalue weighted by molar-refractivity contribution is 7.89. The van der Waals surface area contributed by atoms with Crippen molar-refractivity contribution in [3.05, 3.63) is 77.5 Å². The molecule has 7 nitrogen and oxygen atoms in total. The van der Waals surface area contributed by atoms with E-state index in [1.807, 2.05) is 42.2 Å². The first kappa shape index (κ1) is 22.4. The number of aromatic nitrogens is 1. The Morgan fingerprint density at radius 1 is 1.15 bits per heavy atom. The van der Waals surface area contributed by atoms with Crippen LogP contribution in [0.4, 0.5) is 0 Å². The molecule has 5 rings (SSSR count). The minimum absolute atomic E-state index is 0.0644. The molecule has 2 bridgehead atoms. The van der Waals surface area contributed by atoms with Gasteiger partial charge >= 0.3 is 0 Å². The van der Waals surface area contributed by atoms with Gasteiger partial charge in [-0.2, -0.15) is 17.9 Å². The molecule has 0 fully saturated rings. The smallest absolute Gasteiger partial charge is 0.278 e. The molecule has 1 aromatic heterocycles. The van der Waals surface area contributed by atoms with E-state index in [4.69, 9.17) is 5.10 Å². The lowest BCUT2D eigenvalue weighted by Crippen LogP contribution is -2.38. The van der Waals surface area contributed by atoms with Crippen LogP contribution in [-0.2, 0) is 21.2 Å². The van der Waals surface area contributed by atoms with E-state index in [9.17, 15) is 13.2 Å². The number of nitrogens with zero attached hydrogens (tertiary/aromatic N) is 3. The zero-order valence-electron chi connectivity index (χ0n) is 19.4. The van der Waals surface area contributed by atoms with Crippen LogP contribution >= 0.6 is 0 Å². The third kappa shape index (κ3) is 4.03. The number of fused-ring (bicyclic) bond motifs is 5. The van der Waals surface area contributed by atoms with Gasteiger partial charge in [0.15, 0.2) is 0 Å². The Labute approximate surface area is 199 Å². The van der Waals surface area contributed by atoms with Crippen molar-refractivity contribution >= 4 is 32.5 Å². The molecule has 1 N–H and O–H groups in total. The number of hydrogen-bond acceptors (Lipinski definition) is 4. The Morgan fingerprint density at radius 3 is 2.68 bits per heavy atom. The van der Waals surface area contributed by atoms with Gasteiger partial charge in [0, 0.05) is 36.3 Å². The summed E-state index contributed by atoms with van der Waals surface area (Å²) >= 11 is 0. The second-order valence-electron chi connectivity index (χ2n) is 8.90. The second-order valence-corrected chi connectivity index (χ2v) is 10.7. The molecule has 0 aliphatic carbocycles. The van der Waals surface area contributed by atoms with Crippen molar-refractivity contribution in [3.8, 4) is 0 Å². The van der Waals surface area contributed by atoms with E-state index < -0.39 is 10.0 Å². The number of aryl methyl sites for hydroxylation is 1. The topological polar surface area (TPSA) is 85.8 Å². The van der Waals surface area contributed by atoms with E-state index in [0.29, 0.717) is 25.2 Å². The SMILES string of the molecule is CCN(/N=C1\CC2C=CCN(C2)C(=O)Cc2c1[nH]c1ccccc21)S(=O)(=O)c1ccc(C)cc1. The number of carbonyl (C=O) groups excluding carboxylic acids is 1. The third-order valence-corrected chi connectivity index (χ3v) is 8.29. The number of hydrogen-bond donors (Lipinski definition) is 1. The molecule has 0 spiro atoms. The van der Waals surface area contributed by atoms with Crippen molar-refractivity contribution < 1.29 is 13.2 Å². The highest BCUT2D eigenvalue weighted by atomic mass is 32.2. The number of hydrazone groups is 1. The van der Waals surface area contributed by atoms with E-state index >= 15 is 0 Å². The number of nitrogens with one attached hydrogen (secondary N) is 1. The van der Waals surface area contributed by atoms with E-state index in [0.717, 1.165) is 27.7 Å². The van der Waals surface area contributed by atoms with Gasteiger partial charge in [-0.15, -0.1) is 0 Å². The van der Waals surface area contributed by atoms with Crippen molar-refractivity contribution in [2.75, 3.05) is 19.6 Å². The molecule has 0 saturated carbocycles. The number of sulfonamides is 1. The van der Waals surface area contributed by atoms with Crippen LogP contribution in [0.1, 0.15) is 30.2 Å². The number of aromatic amines is 1.